The predicted molar refractivity (Wildman–Crippen MR) is 49.3 cm³/mol. The van der Waals surface area contributed by atoms with Gasteiger partial charge < -0.3 is 5.73 Å². The van der Waals surface area contributed by atoms with Gasteiger partial charge in [0.05, 0.1) is 0 Å². The number of rotatable bonds is 4. The van der Waals surface area contributed by atoms with Gasteiger partial charge in [0.1, 0.15) is 0 Å². The van der Waals surface area contributed by atoms with Gasteiger partial charge in [-0.2, -0.15) is 0 Å². The summed E-state index contributed by atoms with van der Waals surface area (Å²) in [7, 11) is 0. The summed E-state index contributed by atoms with van der Waals surface area (Å²) in [6, 6.07) is 0. The van der Waals surface area contributed by atoms with Crippen LogP contribution in [0.15, 0.2) is 0 Å². The second kappa shape index (κ2) is 12.2. The third-order valence-corrected chi connectivity index (χ3v) is 1.21. The summed E-state index contributed by atoms with van der Waals surface area (Å²) in [5, 5.41) is 0. The van der Waals surface area contributed by atoms with Crippen molar-refractivity contribution in [3.63, 3.8) is 0 Å². The van der Waals surface area contributed by atoms with Gasteiger partial charge in [-0.1, -0.05) is 46.0 Å². The molecular formula is C9H21NO. The Morgan fingerprint density at radius 1 is 1.09 bits per heavy atom. The smallest absolute Gasteiger partial charge is 0.214 e. The zero-order valence-electron chi connectivity index (χ0n) is 8.02. The summed E-state index contributed by atoms with van der Waals surface area (Å²) >= 11 is 0. The first-order chi connectivity index (χ1) is 5.15. The molecule has 0 aliphatic heterocycles. The molecule has 0 saturated carbocycles. The summed E-state index contributed by atoms with van der Waals surface area (Å²) in [4.78, 5) is 9.22. The van der Waals surface area contributed by atoms with Crippen LogP contribution in [0, 0.1) is 0 Å². The fourth-order valence-corrected chi connectivity index (χ4v) is 0.677. The Morgan fingerprint density at radius 3 is 1.55 bits per heavy atom. The van der Waals surface area contributed by atoms with Gasteiger partial charge in [0, 0.05) is 6.92 Å². The van der Waals surface area contributed by atoms with Crippen molar-refractivity contribution in [2.45, 2.75) is 52.9 Å². The van der Waals surface area contributed by atoms with E-state index in [0.717, 1.165) is 0 Å². The van der Waals surface area contributed by atoms with E-state index in [9.17, 15) is 4.79 Å². The summed E-state index contributed by atoms with van der Waals surface area (Å²) in [6.45, 7) is 5.80. The lowest BCUT2D eigenvalue weighted by Crippen LogP contribution is -2.01. The molecule has 2 heteroatoms. The molecule has 0 rings (SSSR count). The quantitative estimate of drug-likeness (QED) is 0.629. The molecule has 0 bridgehead atoms. The average Bonchev–Trinajstić information content (AvgIpc) is 1.88. The largest absolute Gasteiger partial charge is 0.370 e. The second-order valence-electron chi connectivity index (χ2n) is 2.67. The van der Waals surface area contributed by atoms with Crippen LogP contribution in [0.4, 0.5) is 0 Å². The lowest BCUT2D eigenvalue weighted by atomic mass is 10.2. The van der Waals surface area contributed by atoms with Crippen LogP contribution in [0.3, 0.4) is 0 Å². The molecule has 0 aliphatic carbocycles. The van der Waals surface area contributed by atoms with Gasteiger partial charge in [0.25, 0.3) is 0 Å². The van der Waals surface area contributed by atoms with Crippen LogP contribution < -0.4 is 5.73 Å². The van der Waals surface area contributed by atoms with Crippen LogP contribution >= 0.6 is 0 Å². The Hall–Kier alpha value is -0.530. The summed E-state index contributed by atoms with van der Waals surface area (Å²) in [5.74, 6) is -0.333. The Kier molecular flexibility index (Phi) is 14.5. The maximum absolute atomic E-state index is 9.22. The van der Waals surface area contributed by atoms with Gasteiger partial charge in [-0.15, -0.1) is 0 Å². The number of nitrogens with two attached hydrogens (primary N) is 1. The van der Waals surface area contributed by atoms with Gasteiger partial charge >= 0.3 is 0 Å². The molecule has 11 heavy (non-hydrogen) atoms. The standard InChI is InChI=1S/C7H16.C2H5NO/c1-3-5-7-6-4-2;1-2(3)4/h3-7H2,1-2H3;1H3,(H2,3,4). The highest BCUT2D eigenvalue weighted by Gasteiger charge is 1.80. The van der Waals surface area contributed by atoms with E-state index in [-0.39, 0.29) is 5.91 Å². The highest BCUT2D eigenvalue weighted by molar-refractivity contribution is 5.70. The van der Waals surface area contributed by atoms with Gasteiger partial charge in [0.2, 0.25) is 5.91 Å². The van der Waals surface area contributed by atoms with E-state index in [4.69, 9.17) is 0 Å². The number of unbranched alkanes of at least 4 members (excludes halogenated alkanes) is 4. The van der Waals surface area contributed by atoms with Crippen molar-refractivity contribution < 1.29 is 4.79 Å². The molecule has 0 atom stereocenters. The zero-order valence-corrected chi connectivity index (χ0v) is 8.02. The van der Waals surface area contributed by atoms with E-state index in [1.54, 1.807) is 0 Å². The summed E-state index contributed by atoms with van der Waals surface area (Å²) in [6.07, 6.45) is 7.01. The topological polar surface area (TPSA) is 43.1 Å². The number of hydrogen-bond acceptors (Lipinski definition) is 1. The number of carbonyl (C=O) groups is 1. The molecule has 2 nitrogen and oxygen atoms in total. The molecule has 0 aromatic carbocycles. The lowest BCUT2D eigenvalue weighted by molar-refractivity contribution is -0.115. The van der Waals surface area contributed by atoms with Crippen LogP contribution in [0.25, 0.3) is 0 Å². The van der Waals surface area contributed by atoms with Crippen molar-refractivity contribution >= 4 is 5.91 Å². The van der Waals surface area contributed by atoms with E-state index in [0.29, 0.717) is 0 Å². The van der Waals surface area contributed by atoms with Crippen LogP contribution in [0.2, 0.25) is 0 Å². The fourth-order valence-electron chi connectivity index (χ4n) is 0.677. The van der Waals surface area contributed by atoms with E-state index in [2.05, 4.69) is 19.6 Å². The fraction of sp³-hybridized carbons (Fsp3) is 0.889. The molecule has 0 radical (unpaired) electrons. The monoisotopic (exact) mass is 159 g/mol. The Bertz CT molecular complexity index is 73.6. The molecule has 1 amide bonds. The molecule has 0 unspecified atom stereocenters. The normalized spacial score (nSPS) is 8.27. The van der Waals surface area contributed by atoms with Gasteiger partial charge in [-0.25, -0.2) is 0 Å². The molecule has 2 N–H and O–H groups in total. The van der Waals surface area contributed by atoms with E-state index in [1.807, 2.05) is 0 Å². The van der Waals surface area contributed by atoms with Crippen LogP contribution in [0.5, 0.6) is 0 Å². The highest BCUT2D eigenvalue weighted by Crippen LogP contribution is 2.00. The molecule has 0 saturated heterocycles. The third-order valence-electron chi connectivity index (χ3n) is 1.21. The lowest BCUT2D eigenvalue weighted by Gasteiger charge is -1.90. The maximum Gasteiger partial charge on any atom is 0.214 e. The molecule has 68 valence electrons. The van der Waals surface area contributed by atoms with Crippen molar-refractivity contribution in [1.29, 1.82) is 0 Å². The minimum Gasteiger partial charge on any atom is -0.370 e. The zero-order chi connectivity index (χ0) is 9.11. The molecule has 0 fully saturated rings. The molecule has 0 aromatic heterocycles. The second-order valence-corrected chi connectivity index (χ2v) is 2.67. The van der Waals surface area contributed by atoms with Crippen LogP contribution in [0.1, 0.15) is 52.9 Å². The minimum absolute atomic E-state index is 0.333. The minimum atomic E-state index is -0.333. The number of amides is 1. The number of hydrogen-bond donors (Lipinski definition) is 1. The summed E-state index contributed by atoms with van der Waals surface area (Å²) < 4.78 is 0. The Morgan fingerprint density at radius 2 is 1.36 bits per heavy atom. The van der Waals surface area contributed by atoms with Gasteiger partial charge in [-0.05, 0) is 0 Å². The van der Waals surface area contributed by atoms with Gasteiger partial charge in [-0.3, -0.25) is 4.79 Å². The third kappa shape index (κ3) is 43.9. The maximum atomic E-state index is 9.22. The highest BCUT2D eigenvalue weighted by atomic mass is 16.1. The van der Waals surface area contributed by atoms with Crippen molar-refractivity contribution in [1.82, 2.24) is 0 Å². The number of primary amides is 1. The van der Waals surface area contributed by atoms with E-state index >= 15 is 0 Å². The van der Waals surface area contributed by atoms with Crippen molar-refractivity contribution in [3.8, 4) is 0 Å². The Labute approximate surface area is 70.2 Å². The van der Waals surface area contributed by atoms with Crippen LogP contribution in [-0.4, -0.2) is 5.91 Å². The molecule has 0 aliphatic rings. The van der Waals surface area contributed by atoms with Crippen molar-refractivity contribution in [2.24, 2.45) is 5.73 Å². The first kappa shape index (κ1) is 13.1. The van der Waals surface area contributed by atoms with Crippen LogP contribution in [-0.2, 0) is 4.79 Å². The molecule has 0 heterocycles. The van der Waals surface area contributed by atoms with Crippen molar-refractivity contribution in [3.05, 3.63) is 0 Å². The predicted octanol–water partition coefficient (Wildman–Crippen LogP) is 2.47. The molecule has 0 spiro atoms. The summed E-state index contributed by atoms with van der Waals surface area (Å²) in [5.41, 5.74) is 4.47. The Balaban J connectivity index is 0. The molecular weight excluding hydrogens is 138 g/mol. The van der Waals surface area contributed by atoms with E-state index in [1.165, 1.54) is 39.0 Å². The van der Waals surface area contributed by atoms with E-state index < -0.39 is 0 Å². The first-order valence-electron chi connectivity index (χ1n) is 4.41. The molecule has 0 aromatic rings. The first-order valence-corrected chi connectivity index (χ1v) is 4.41. The van der Waals surface area contributed by atoms with Crippen molar-refractivity contribution in [2.75, 3.05) is 0 Å². The number of carbonyl (C=O) groups excluding carboxylic acids is 1. The van der Waals surface area contributed by atoms with Gasteiger partial charge in [0.15, 0.2) is 0 Å². The SMILES string of the molecule is CC(N)=O.CCCCCCC. The average molecular weight is 159 g/mol.